The molecule has 1 aromatic carbocycles. The molecule has 0 aliphatic heterocycles. The van der Waals surface area contributed by atoms with E-state index in [-0.39, 0.29) is 40.9 Å². The van der Waals surface area contributed by atoms with Crippen molar-refractivity contribution in [3.05, 3.63) is 42.0 Å². The zero-order valence-corrected chi connectivity index (χ0v) is 19.4. The number of phenolic OH excluding ortho intramolecular Hbond substituents is 1. The molecule has 3 nitrogen and oxygen atoms in total. The van der Waals surface area contributed by atoms with Crippen LogP contribution < -0.4 is 0 Å². The second kappa shape index (κ2) is 8.92. The Kier molecular flexibility index (Phi) is 6.65. The highest BCUT2D eigenvalue weighted by molar-refractivity contribution is 5.43. The first-order chi connectivity index (χ1) is 15.5. The van der Waals surface area contributed by atoms with Crippen LogP contribution in [0.3, 0.4) is 0 Å². The Hall–Kier alpha value is -1.53. The van der Waals surface area contributed by atoms with Gasteiger partial charge in [-0.3, -0.25) is 0 Å². The van der Waals surface area contributed by atoms with Crippen molar-refractivity contribution < 1.29 is 28.5 Å². The second-order valence-electron chi connectivity index (χ2n) is 11.0. The number of unbranched alkanes of at least 4 members (excludes halogenated alkanes) is 2. The van der Waals surface area contributed by atoms with Crippen molar-refractivity contribution in [2.24, 2.45) is 22.7 Å². The summed E-state index contributed by atoms with van der Waals surface area (Å²) in [6.45, 7) is 6.51. The molecule has 33 heavy (non-hydrogen) atoms. The Balaban J connectivity index is 1.57. The molecule has 6 heteroatoms. The minimum Gasteiger partial charge on any atom is -0.508 e. The summed E-state index contributed by atoms with van der Waals surface area (Å²) < 4.78 is 37.8. The first-order valence-corrected chi connectivity index (χ1v) is 12.4. The molecule has 0 radical (unpaired) electrons. The molecule has 0 aromatic heterocycles. The number of benzene rings is 1. The van der Waals surface area contributed by atoms with E-state index in [2.05, 4.69) is 19.6 Å². The SMILES string of the molecule is C=C[C@@]12CCc3cc(O)ccc3[C@H]1[C@@H](CCCCCC(O)C(F)(F)F)C[C@@]1(C)[C@H]2CC[C@@H]1O. The van der Waals surface area contributed by atoms with Gasteiger partial charge in [-0.15, -0.1) is 6.58 Å². The van der Waals surface area contributed by atoms with Crippen molar-refractivity contribution >= 4 is 0 Å². The van der Waals surface area contributed by atoms with Gasteiger partial charge in [0.1, 0.15) is 11.9 Å². The molecule has 0 bridgehead atoms. The van der Waals surface area contributed by atoms with Crippen LogP contribution in [0, 0.1) is 22.7 Å². The maximum Gasteiger partial charge on any atom is 0.414 e. The van der Waals surface area contributed by atoms with E-state index in [0.29, 0.717) is 18.8 Å². The summed E-state index contributed by atoms with van der Waals surface area (Å²) in [7, 11) is 0. The van der Waals surface area contributed by atoms with Crippen LogP contribution in [0.15, 0.2) is 30.9 Å². The number of alkyl halides is 3. The van der Waals surface area contributed by atoms with Gasteiger partial charge in [0.15, 0.2) is 0 Å². The first-order valence-electron chi connectivity index (χ1n) is 12.4. The molecule has 0 amide bonds. The lowest BCUT2D eigenvalue weighted by Gasteiger charge is -2.60. The average molecular weight is 467 g/mol. The lowest BCUT2D eigenvalue weighted by atomic mass is 9.44. The van der Waals surface area contributed by atoms with Crippen molar-refractivity contribution in [1.29, 1.82) is 0 Å². The van der Waals surface area contributed by atoms with E-state index in [1.165, 1.54) is 11.1 Å². The van der Waals surface area contributed by atoms with Gasteiger partial charge in [0.05, 0.1) is 6.10 Å². The van der Waals surface area contributed by atoms with Crippen molar-refractivity contribution in [3.63, 3.8) is 0 Å². The van der Waals surface area contributed by atoms with Crippen LogP contribution in [0.1, 0.15) is 81.8 Å². The number of phenols is 1. The van der Waals surface area contributed by atoms with Gasteiger partial charge in [-0.05, 0) is 96.8 Å². The van der Waals surface area contributed by atoms with Crippen molar-refractivity contribution in [2.45, 2.75) is 95.4 Å². The van der Waals surface area contributed by atoms with Crippen LogP contribution in [0.2, 0.25) is 0 Å². The Labute approximate surface area is 194 Å². The van der Waals surface area contributed by atoms with Crippen LogP contribution >= 0.6 is 0 Å². The van der Waals surface area contributed by atoms with E-state index in [0.717, 1.165) is 44.9 Å². The highest BCUT2D eigenvalue weighted by Crippen LogP contribution is 2.69. The molecular formula is C27H37F3O3. The number of aromatic hydroxyl groups is 1. The third-order valence-electron chi connectivity index (χ3n) is 9.29. The van der Waals surface area contributed by atoms with Gasteiger partial charge in [0.2, 0.25) is 0 Å². The predicted molar refractivity (Wildman–Crippen MR) is 122 cm³/mol. The zero-order valence-electron chi connectivity index (χ0n) is 19.4. The molecule has 0 saturated heterocycles. The topological polar surface area (TPSA) is 60.7 Å². The Morgan fingerprint density at radius 1 is 1.21 bits per heavy atom. The largest absolute Gasteiger partial charge is 0.508 e. The predicted octanol–water partition coefficient (Wildman–Crippen LogP) is 6.27. The van der Waals surface area contributed by atoms with Gasteiger partial charge in [-0.1, -0.05) is 38.3 Å². The van der Waals surface area contributed by atoms with E-state index in [1.807, 2.05) is 12.1 Å². The molecule has 3 aliphatic rings. The van der Waals surface area contributed by atoms with Crippen molar-refractivity contribution in [3.8, 4) is 5.75 Å². The molecular weight excluding hydrogens is 429 g/mol. The number of hydrogen-bond acceptors (Lipinski definition) is 3. The number of allylic oxidation sites excluding steroid dienone is 1. The van der Waals surface area contributed by atoms with Crippen molar-refractivity contribution in [2.75, 3.05) is 0 Å². The van der Waals surface area contributed by atoms with Gasteiger partial charge in [-0.25, -0.2) is 0 Å². The molecule has 4 rings (SSSR count). The van der Waals surface area contributed by atoms with Gasteiger partial charge < -0.3 is 15.3 Å². The molecule has 3 aliphatic carbocycles. The molecule has 3 N–H and O–H groups in total. The van der Waals surface area contributed by atoms with Gasteiger partial charge in [0.25, 0.3) is 0 Å². The summed E-state index contributed by atoms with van der Waals surface area (Å²) in [6, 6.07) is 5.67. The minimum absolute atomic E-state index is 0.119. The lowest BCUT2D eigenvalue weighted by Crippen LogP contribution is -2.54. The second-order valence-corrected chi connectivity index (χ2v) is 11.0. The van der Waals surface area contributed by atoms with Crippen molar-refractivity contribution in [1.82, 2.24) is 0 Å². The van der Waals surface area contributed by atoms with E-state index in [9.17, 15) is 28.5 Å². The van der Waals surface area contributed by atoms with Crippen LogP contribution in [-0.2, 0) is 6.42 Å². The molecule has 1 unspecified atom stereocenters. The summed E-state index contributed by atoms with van der Waals surface area (Å²) in [5.41, 5.74) is 2.14. The molecule has 2 saturated carbocycles. The van der Waals surface area contributed by atoms with E-state index in [4.69, 9.17) is 0 Å². The maximum atomic E-state index is 12.6. The van der Waals surface area contributed by atoms with E-state index < -0.39 is 12.3 Å². The number of rotatable bonds is 7. The fourth-order valence-electron chi connectivity index (χ4n) is 7.78. The fourth-order valence-corrected chi connectivity index (χ4v) is 7.78. The molecule has 7 atom stereocenters. The first kappa shape index (κ1) is 24.6. The number of halogens is 3. The minimum atomic E-state index is -4.55. The highest BCUT2D eigenvalue weighted by atomic mass is 19.4. The molecule has 0 spiro atoms. The lowest BCUT2D eigenvalue weighted by molar-refractivity contribution is -0.205. The Morgan fingerprint density at radius 3 is 2.67 bits per heavy atom. The summed E-state index contributed by atoms with van der Waals surface area (Å²) in [4.78, 5) is 0. The molecule has 184 valence electrons. The smallest absolute Gasteiger partial charge is 0.414 e. The highest BCUT2D eigenvalue weighted by Gasteiger charge is 2.63. The number of aryl methyl sites for hydroxylation is 1. The average Bonchev–Trinajstić information content (AvgIpc) is 3.06. The molecule has 1 aromatic rings. The summed E-state index contributed by atoms with van der Waals surface area (Å²) in [6.07, 6.45) is 1.89. The number of aliphatic hydroxyl groups is 2. The van der Waals surface area contributed by atoms with Crippen LogP contribution in [0.25, 0.3) is 0 Å². The normalized spacial score (nSPS) is 36.5. The number of fused-ring (bicyclic) bond motifs is 5. The van der Waals surface area contributed by atoms with E-state index >= 15 is 0 Å². The standard InChI is InChI=1S/C27H37F3O3/c1-3-26-14-13-17-15-19(31)9-10-20(17)24(26)18(16-25(2)21(26)11-12-22(25)32)7-5-4-6-8-23(33)27(28,29)30/h3,9-10,15,18,21-24,31-33H,1,4-8,11-14,16H2,2H3/t18-,21+,22-,23?,24+,25-,26-/m0/s1. The summed E-state index contributed by atoms with van der Waals surface area (Å²) in [5.74, 6) is 1.15. The third-order valence-corrected chi connectivity index (χ3v) is 9.29. The summed E-state index contributed by atoms with van der Waals surface area (Å²) in [5, 5.41) is 30.3. The van der Waals surface area contributed by atoms with Gasteiger partial charge >= 0.3 is 6.18 Å². The zero-order chi connectivity index (χ0) is 24.0. The van der Waals surface area contributed by atoms with Crippen LogP contribution in [-0.4, -0.2) is 33.7 Å². The van der Waals surface area contributed by atoms with Gasteiger partial charge in [0, 0.05) is 0 Å². The van der Waals surface area contributed by atoms with Gasteiger partial charge in [-0.2, -0.15) is 13.2 Å². The fraction of sp³-hybridized carbons (Fsp3) is 0.704. The number of aliphatic hydroxyl groups excluding tert-OH is 2. The number of hydrogen-bond donors (Lipinski definition) is 3. The maximum absolute atomic E-state index is 12.6. The quantitative estimate of drug-likeness (QED) is 0.328. The molecule has 2 fully saturated rings. The van der Waals surface area contributed by atoms with E-state index in [1.54, 1.807) is 6.07 Å². The Bertz CT molecular complexity index is 869. The monoisotopic (exact) mass is 466 g/mol. The van der Waals surface area contributed by atoms with Crippen LogP contribution in [0.4, 0.5) is 13.2 Å². The Morgan fingerprint density at radius 2 is 1.97 bits per heavy atom. The third kappa shape index (κ3) is 4.22. The summed E-state index contributed by atoms with van der Waals surface area (Å²) >= 11 is 0. The van der Waals surface area contributed by atoms with Crippen LogP contribution in [0.5, 0.6) is 5.75 Å². The molecule has 0 heterocycles.